The summed E-state index contributed by atoms with van der Waals surface area (Å²) in [5, 5.41) is 26.1. The Bertz CT molecular complexity index is 378. The zero-order valence-electron chi connectivity index (χ0n) is 9.69. The van der Waals surface area contributed by atoms with Crippen LogP contribution < -0.4 is 0 Å². The topological polar surface area (TPSA) is 77.8 Å². The van der Waals surface area contributed by atoms with Crippen molar-refractivity contribution < 1.29 is 20.1 Å². The van der Waals surface area contributed by atoms with Gasteiger partial charge in [0.15, 0.2) is 0 Å². The van der Waals surface area contributed by atoms with Gasteiger partial charge in [0.1, 0.15) is 11.4 Å². The Balaban J connectivity index is 0.000000331. The van der Waals surface area contributed by atoms with Crippen LogP contribution in [0, 0.1) is 0 Å². The van der Waals surface area contributed by atoms with Gasteiger partial charge in [-0.25, -0.2) is 4.79 Å². The normalized spacial score (nSPS) is 11.4. The molecule has 18 heavy (non-hydrogen) atoms. The van der Waals surface area contributed by atoms with Crippen molar-refractivity contribution in [2.24, 2.45) is 0 Å². The van der Waals surface area contributed by atoms with Crippen LogP contribution in [0.4, 0.5) is 0 Å². The molecule has 1 rings (SSSR count). The van der Waals surface area contributed by atoms with Gasteiger partial charge in [0.05, 0.1) is 5.56 Å². The molecule has 0 unspecified atom stereocenters. The first-order chi connectivity index (χ1) is 7.95. The summed E-state index contributed by atoms with van der Waals surface area (Å²) < 4.78 is -1.59. The Morgan fingerprint density at radius 3 is 1.67 bits per heavy atom. The maximum absolute atomic E-state index is 10.2. The van der Waals surface area contributed by atoms with Gasteiger partial charge in [-0.2, -0.15) is 0 Å². The predicted molar refractivity (Wildman–Crippen MR) is 71.7 cm³/mol. The number of alkyl halides is 3. The molecule has 3 N–H and O–H groups in total. The zero-order valence-corrected chi connectivity index (χ0v) is 12.0. The molecule has 1 aromatic rings. The summed E-state index contributed by atoms with van der Waals surface area (Å²) in [5.41, 5.74) is -1.09. The van der Waals surface area contributed by atoms with E-state index >= 15 is 0 Å². The molecule has 0 aliphatic heterocycles. The van der Waals surface area contributed by atoms with Crippen LogP contribution in [0.1, 0.15) is 24.2 Å². The van der Waals surface area contributed by atoms with Gasteiger partial charge >= 0.3 is 5.97 Å². The second-order valence-electron chi connectivity index (χ2n) is 3.91. The zero-order chi connectivity index (χ0) is 14.6. The third-order valence-corrected chi connectivity index (χ3v) is 3.20. The lowest BCUT2D eigenvalue weighted by Gasteiger charge is -2.25. The lowest BCUT2D eigenvalue weighted by molar-refractivity contribution is 0.0696. The molecular weight excluding hydrogens is 302 g/mol. The van der Waals surface area contributed by atoms with Crippen LogP contribution in [0.25, 0.3) is 0 Å². The van der Waals surface area contributed by atoms with Crippen molar-refractivity contribution in [3.63, 3.8) is 0 Å². The summed E-state index contributed by atoms with van der Waals surface area (Å²) >= 11 is 15.9. The number of aromatic carboxylic acids is 1. The molecule has 0 bridgehead atoms. The number of hydrogen-bond acceptors (Lipinski definition) is 3. The van der Waals surface area contributed by atoms with Gasteiger partial charge in [-0.05, 0) is 38.1 Å². The van der Waals surface area contributed by atoms with Crippen molar-refractivity contribution in [2.45, 2.75) is 23.2 Å². The molecule has 0 spiro atoms. The van der Waals surface area contributed by atoms with Crippen molar-refractivity contribution in [3.8, 4) is 5.75 Å². The fourth-order valence-electron chi connectivity index (χ4n) is 0.604. The quantitative estimate of drug-likeness (QED) is 0.695. The average molecular weight is 316 g/mol. The Hall–Kier alpha value is -0.680. The Morgan fingerprint density at radius 1 is 1.11 bits per heavy atom. The summed E-state index contributed by atoms with van der Waals surface area (Å²) in [5.74, 6) is -0.912. The minimum absolute atomic E-state index is 0.0741. The summed E-state index contributed by atoms with van der Waals surface area (Å²) in [4.78, 5) is 10.2. The van der Waals surface area contributed by atoms with Crippen LogP contribution in [0.2, 0.25) is 0 Å². The van der Waals surface area contributed by atoms with Gasteiger partial charge in [0, 0.05) is 0 Å². The maximum atomic E-state index is 10.2. The average Bonchev–Trinajstić information content (AvgIpc) is 2.16. The largest absolute Gasteiger partial charge is 0.508 e. The highest BCUT2D eigenvalue weighted by Gasteiger charge is 2.38. The fraction of sp³-hybridized carbons (Fsp3) is 0.364. The Labute approximate surface area is 120 Å². The second kappa shape index (κ2) is 6.48. The standard InChI is InChI=1S/C7H6O3.C4H7Cl3O/c8-6-3-1-5(2-4-6)7(9)10;1-3(2,8)4(5,6)7/h1-4,8H,(H,9,10);8H,1-2H3. The Morgan fingerprint density at radius 2 is 1.44 bits per heavy atom. The van der Waals surface area contributed by atoms with Crippen molar-refractivity contribution in [1.29, 1.82) is 0 Å². The molecule has 102 valence electrons. The van der Waals surface area contributed by atoms with Gasteiger partial charge in [-0.1, -0.05) is 34.8 Å². The molecule has 4 nitrogen and oxygen atoms in total. The number of phenolic OH excluding ortho intramolecular Hbond substituents is 1. The number of carboxylic acids is 1. The van der Waals surface area contributed by atoms with Gasteiger partial charge in [-0.3, -0.25) is 0 Å². The first-order valence-electron chi connectivity index (χ1n) is 4.76. The Kier molecular flexibility index (Phi) is 6.23. The van der Waals surface area contributed by atoms with E-state index in [9.17, 15) is 4.79 Å². The first kappa shape index (κ1) is 17.3. The number of carbonyl (C=O) groups is 1. The SMILES string of the molecule is CC(C)(O)C(Cl)(Cl)Cl.O=C(O)c1ccc(O)cc1. The molecule has 0 radical (unpaired) electrons. The van der Waals surface area contributed by atoms with Gasteiger partial charge in [0.25, 0.3) is 0 Å². The lowest BCUT2D eigenvalue weighted by atomic mass is 10.2. The molecule has 7 heteroatoms. The highest BCUT2D eigenvalue weighted by atomic mass is 35.6. The third kappa shape index (κ3) is 6.31. The van der Waals surface area contributed by atoms with E-state index in [1.54, 1.807) is 0 Å². The molecule has 0 aromatic heterocycles. The first-order valence-corrected chi connectivity index (χ1v) is 5.90. The van der Waals surface area contributed by atoms with Gasteiger partial charge < -0.3 is 15.3 Å². The molecule has 0 amide bonds. The van der Waals surface area contributed by atoms with E-state index in [4.69, 9.17) is 50.1 Å². The number of aromatic hydroxyl groups is 1. The summed E-state index contributed by atoms with van der Waals surface area (Å²) in [6.07, 6.45) is 0. The van der Waals surface area contributed by atoms with E-state index in [2.05, 4.69) is 0 Å². The van der Waals surface area contributed by atoms with Crippen molar-refractivity contribution >= 4 is 40.8 Å². The number of halogens is 3. The predicted octanol–water partition coefficient (Wildman–Crippen LogP) is 3.22. The van der Waals surface area contributed by atoms with E-state index < -0.39 is 15.4 Å². The number of rotatable bonds is 1. The summed E-state index contributed by atoms with van der Waals surface area (Å²) in [6, 6.07) is 5.36. The molecule has 0 saturated carbocycles. The van der Waals surface area contributed by atoms with Crippen LogP contribution in [0.5, 0.6) is 5.75 Å². The van der Waals surface area contributed by atoms with E-state index in [0.717, 1.165) is 0 Å². The molecule has 0 fully saturated rings. The summed E-state index contributed by atoms with van der Waals surface area (Å²) in [6.45, 7) is 2.86. The van der Waals surface area contributed by atoms with Crippen LogP contribution >= 0.6 is 34.8 Å². The van der Waals surface area contributed by atoms with Crippen LogP contribution in [-0.2, 0) is 0 Å². The number of hydrogen-bond donors (Lipinski definition) is 3. The van der Waals surface area contributed by atoms with Gasteiger partial charge in [0.2, 0.25) is 3.79 Å². The molecule has 0 atom stereocenters. The highest BCUT2D eigenvalue weighted by Crippen LogP contribution is 2.37. The highest BCUT2D eigenvalue weighted by molar-refractivity contribution is 6.68. The van der Waals surface area contributed by atoms with Crippen molar-refractivity contribution in [3.05, 3.63) is 29.8 Å². The van der Waals surface area contributed by atoms with Crippen LogP contribution in [0.3, 0.4) is 0 Å². The minimum Gasteiger partial charge on any atom is -0.508 e. The van der Waals surface area contributed by atoms with Crippen LogP contribution in [0.15, 0.2) is 24.3 Å². The second-order valence-corrected chi connectivity index (χ2v) is 6.19. The van der Waals surface area contributed by atoms with E-state index in [0.29, 0.717) is 0 Å². The number of carboxylic acid groups (broad SMARTS) is 1. The molecule has 0 saturated heterocycles. The van der Waals surface area contributed by atoms with Crippen molar-refractivity contribution in [2.75, 3.05) is 0 Å². The smallest absolute Gasteiger partial charge is 0.335 e. The number of aliphatic hydroxyl groups is 1. The lowest BCUT2D eigenvalue weighted by Crippen LogP contribution is -2.35. The molecule has 0 heterocycles. The molecule has 0 aliphatic rings. The van der Waals surface area contributed by atoms with Gasteiger partial charge in [-0.15, -0.1) is 0 Å². The summed E-state index contributed by atoms with van der Waals surface area (Å²) in [7, 11) is 0. The minimum atomic E-state index is -1.59. The van der Waals surface area contributed by atoms with E-state index in [-0.39, 0.29) is 11.3 Å². The van der Waals surface area contributed by atoms with E-state index in [1.807, 2.05) is 0 Å². The van der Waals surface area contributed by atoms with Crippen LogP contribution in [-0.4, -0.2) is 30.7 Å². The fourth-order valence-corrected chi connectivity index (χ4v) is 0.604. The monoisotopic (exact) mass is 314 g/mol. The molecular formula is C11H13Cl3O4. The molecule has 1 aromatic carbocycles. The van der Waals surface area contributed by atoms with Crippen molar-refractivity contribution in [1.82, 2.24) is 0 Å². The number of benzene rings is 1. The number of phenols is 1. The van der Waals surface area contributed by atoms with E-state index in [1.165, 1.54) is 38.1 Å². The third-order valence-electron chi connectivity index (χ3n) is 1.81. The molecule has 0 aliphatic carbocycles. The maximum Gasteiger partial charge on any atom is 0.335 e.